The number of hydrogen-bond acceptors (Lipinski definition) is 8. The van der Waals surface area contributed by atoms with Gasteiger partial charge in [-0.15, -0.1) is 0 Å². The lowest BCUT2D eigenvalue weighted by Crippen LogP contribution is -2.50. The second kappa shape index (κ2) is 11.7. The van der Waals surface area contributed by atoms with Gasteiger partial charge in [0.2, 0.25) is 0 Å². The van der Waals surface area contributed by atoms with Gasteiger partial charge in [0.05, 0.1) is 42.3 Å². The van der Waals surface area contributed by atoms with Gasteiger partial charge in [0, 0.05) is 64.9 Å². The van der Waals surface area contributed by atoms with Crippen LogP contribution in [0.4, 0.5) is 0 Å². The van der Waals surface area contributed by atoms with Crippen LogP contribution in [0.3, 0.4) is 0 Å². The molecule has 5 N–H and O–H groups in total. The number of ether oxygens (including phenoxy) is 3. The Morgan fingerprint density at radius 2 is 1.48 bits per heavy atom. The third-order valence-corrected chi connectivity index (χ3v) is 6.38. The Bertz CT molecular complexity index is 678. The van der Waals surface area contributed by atoms with Gasteiger partial charge in [-0.2, -0.15) is 0 Å². The van der Waals surface area contributed by atoms with E-state index in [2.05, 4.69) is 40.0 Å². The van der Waals surface area contributed by atoms with Crippen molar-refractivity contribution in [2.75, 3.05) is 39.3 Å². The van der Waals surface area contributed by atoms with Gasteiger partial charge in [0.25, 0.3) is 0 Å². The Balaban J connectivity index is 1.19. The van der Waals surface area contributed by atoms with E-state index in [0.29, 0.717) is 6.54 Å². The molecular formula is C23H39N5O3. The van der Waals surface area contributed by atoms with Crippen LogP contribution in [0.25, 0.3) is 0 Å². The van der Waals surface area contributed by atoms with E-state index in [1.54, 1.807) is 0 Å². The molecule has 31 heavy (non-hydrogen) atoms. The zero-order valence-corrected chi connectivity index (χ0v) is 18.7. The number of nitrogens with two attached hydrogens (primary N) is 1. The molecule has 0 aliphatic carbocycles. The largest absolute Gasteiger partial charge is 0.373 e. The second-order valence-corrected chi connectivity index (χ2v) is 9.18. The minimum Gasteiger partial charge on any atom is -0.373 e. The predicted molar refractivity (Wildman–Crippen MR) is 120 cm³/mol. The quantitative estimate of drug-likeness (QED) is 0.466. The maximum absolute atomic E-state index is 6.40. The van der Waals surface area contributed by atoms with Crippen LogP contribution in [0.1, 0.15) is 37.4 Å². The SMILES string of the molecule is CC1CNCC(CC2CNCC(CC[C@@H]3CNC[C@H](Cc4ccnc(CN)c4)O3)O2)O1. The van der Waals surface area contributed by atoms with E-state index in [4.69, 9.17) is 19.9 Å². The molecule has 3 aliphatic heterocycles. The van der Waals surface area contributed by atoms with Gasteiger partial charge in [0.15, 0.2) is 0 Å². The first-order valence-electron chi connectivity index (χ1n) is 11.9. The number of nitrogens with one attached hydrogen (secondary N) is 3. The van der Waals surface area contributed by atoms with Gasteiger partial charge in [0.1, 0.15) is 0 Å². The molecule has 8 nitrogen and oxygen atoms in total. The number of hydrogen-bond donors (Lipinski definition) is 4. The third kappa shape index (κ3) is 7.18. The molecule has 0 aromatic carbocycles. The molecule has 4 heterocycles. The Morgan fingerprint density at radius 3 is 2.19 bits per heavy atom. The van der Waals surface area contributed by atoms with Gasteiger partial charge < -0.3 is 35.9 Å². The smallest absolute Gasteiger partial charge is 0.0744 e. The Morgan fingerprint density at radius 1 is 0.871 bits per heavy atom. The summed E-state index contributed by atoms with van der Waals surface area (Å²) in [4.78, 5) is 4.28. The average molecular weight is 434 g/mol. The molecule has 6 atom stereocenters. The summed E-state index contributed by atoms with van der Waals surface area (Å²) in [5.74, 6) is 0. The van der Waals surface area contributed by atoms with E-state index in [1.165, 1.54) is 5.56 Å². The van der Waals surface area contributed by atoms with Crippen LogP contribution in [0.2, 0.25) is 0 Å². The van der Waals surface area contributed by atoms with E-state index in [-0.39, 0.29) is 36.6 Å². The second-order valence-electron chi connectivity index (χ2n) is 9.18. The fourth-order valence-electron chi connectivity index (χ4n) is 4.85. The minimum absolute atomic E-state index is 0.183. The molecule has 0 spiro atoms. The molecule has 8 heteroatoms. The number of morpholine rings is 3. The molecule has 3 aliphatic rings. The van der Waals surface area contributed by atoms with Crippen LogP contribution in [0.15, 0.2) is 18.3 Å². The highest BCUT2D eigenvalue weighted by Gasteiger charge is 2.29. The molecule has 3 saturated heterocycles. The number of pyridine rings is 1. The normalized spacial score (nSPS) is 34.5. The Labute approximate surface area is 186 Å². The van der Waals surface area contributed by atoms with Crippen LogP contribution < -0.4 is 21.7 Å². The maximum atomic E-state index is 6.40. The lowest BCUT2D eigenvalue weighted by molar-refractivity contribution is -0.0974. The van der Waals surface area contributed by atoms with Gasteiger partial charge >= 0.3 is 0 Å². The first-order valence-corrected chi connectivity index (χ1v) is 11.9. The summed E-state index contributed by atoms with van der Waals surface area (Å²) in [5.41, 5.74) is 7.88. The van der Waals surface area contributed by atoms with E-state index >= 15 is 0 Å². The van der Waals surface area contributed by atoms with Crippen molar-refractivity contribution in [3.05, 3.63) is 29.6 Å². The third-order valence-electron chi connectivity index (χ3n) is 6.38. The highest BCUT2D eigenvalue weighted by Crippen LogP contribution is 2.20. The Hall–Kier alpha value is -1.13. The maximum Gasteiger partial charge on any atom is 0.0744 e. The molecule has 4 unspecified atom stereocenters. The van der Waals surface area contributed by atoms with Crippen molar-refractivity contribution in [2.24, 2.45) is 5.73 Å². The zero-order valence-electron chi connectivity index (χ0n) is 18.7. The van der Waals surface area contributed by atoms with Crippen molar-refractivity contribution >= 4 is 0 Å². The topological polar surface area (TPSA) is 103 Å². The van der Waals surface area contributed by atoms with Crippen LogP contribution in [0, 0.1) is 0 Å². The fraction of sp³-hybridized carbons (Fsp3) is 0.783. The molecule has 0 saturated carbocycles. The highest BCUT2D eigenvalue weighted by atomic mass is 16.5. The monoisotopic (exact) mass is 433 g/mol. The number of nitrogens with zero attached hydrogens (tertiary/aromatic N) is 1. The van der Waals surface area contributed by atoms with Crippen LogP contribution in [-0.4, -0.2) is 80.9 Å². The molecule has 0 bridgehead atoms. The van der Waals surface area contributed by atoms with Gasteiger partial charge in [-0.3, -0.25) is 4.98 Å². The van der Waals surface area contributed by atoms with E-state index in [1.807, 2.05) is 6.20 Å². The molecule has 0 amide bonds. The van der Waals surface area contributed by atoms with Crippen molar-refractivity contribution in [2.45, 2.75) is 75.8 Å². The molecule has 1 aromatic rings. The van der Waals surface area contributed by atoms with Gasteiger partial charge in [-0.1, -0.05) is 0 Å². The molecule has 3 fully saturated rings. The van der Waals surface area contributed by atoms with E-state index < -0.39 is 0 Å². The van der Waals surface area contributed by atoms with Crippen molar-refractivity contribution in [1.29, 1.82) is 0 Å². The first-order chi connectivity index (χ1) is 15.2. The van der Waals surface area contributed by atoms with Crippen molar-refractivity contribution in [3.8, 4) is 0 Å². The summed E-state index contributed by atoms with van der Waals surface area (Å²) in [6, 6.07) is 4.14. The van der Waals surface area contributed by atoms with Crippen molar-refractivity contribution < 1.29 is 14.2 Å². The van der Waals surface area contributed by atoms with Crippen LogP contribution in [-0.2, 0) is 27.2 Å². The predicted octanol–water partition coefficient (Wildman–Crippen LogP) is 0.344. The molecule has 174 valence electrons. The summed E-state index contributed by atoms with van der Waals surface area (Å²) in [5, 5.41) is 10.5. The van der Waals surface area contributed by atoms with E-state index in [0.717, 1.165) is 70.6 Å². The molecule has 4 rings (SSSR count). The van der Waals surface area contributed by atoms with Crippen molar-refractivity contribution in [1.82, 2.24) is 20.9 Å². The van der Waals surface area contributed by atoms with Gasteiger partial charge in [-0.05, 0) is 37.5 Å². The highest BCUT2D eigenvalue weighted by molar-refractivity contribution is 5.17. The number of aromatic nitrogens is 1. The molecular weight excluding hydrogens is 394 g/mol. The molecule has 0 radical (unpaired) electrons. The lowest BCUT2D eigenvalue weighted by Gasteiger charge is -2.36. The summed E-state index contributed by atoms with van der Waals surface area (Å²) in [6.07, 6.45) is 7.08. The molecule has 1 aromatic heterocycles. The summed E-state index contributed by atoms with van der Waals surface area (Å²) in [6.45, 7) is 8.07. The first kappa shape index (κ1) is 23.0. The lowest BCUT2D eigenvalue weighted by atomic mass is 10.0. The summed E-state index contributed by atoms with van der Waals surface area (Å²) >= 11 is 0. The standard InChI is InChI=1S/C23H39N5O3/c1-16-10-25-14-22(29-16)8-23-15-27-12-20(31-23)3-2-19-11-26-13-21(30-19)7-17-4-5-28-18(6-17)9-24/h4-6,16,19-23,25-27H,2-3,7-15,24H2,1H3/t16?,19-,20?,21+,22?,23?/m1/s1. The minimum atomic E-state index is 0.183. The van der Waals surface area contributed by atoms with Crippen LogP contribution >= 0.6 is 0 Å². The zero-order chi connectivity index (χ0) is 21.5. The van der Waals surface area contributed by atoms with Crippen molar-refractivity contribution in [3.63, 3.8) is 0 Å². The van der Waals surface area contributed by atoms with Crippen LogP contribution in [0.5, 0.6) is 0 Å². The average Bonchev–Trinajstić information content (AvgIpc) is 2.78. The number of rotatable bonds is 8. The summed E-state index contributed by atoms with van der Waals surface area (Å²) < 4.78 is 18.8. The summed E-state index contributed by atoms with van der Waals surface area (Å²) in [7, 11) is 0. The Kier molecular flexibility index (Phi) is 8.66. The fourth-order valence-corrected chi connectivity index (χ4v) is 4.85. The van der Waals surface area contributed by atoms with Gasteiger partial charge in [-0.25, -0.2) is 0 Å². The van der Waals surface area contributed by atoms with E-state index in [9.17, 15) is 0 Å².